The maximum absolute atomic E-state index is 4.71. The van der Waals surface area contributed by atoms with Gasteiger partial charge in [-0.3, -0.25) is 5.10 Å². The molecule has 2 aliphatic rings. The van der Waals surface area contributed by atoms with Crippen molar-refractivity contribution < 1.29 is 0 Å². The van der Waals surface area contributed by atoms with Crippen LogP contribution in [-0.2, 0) is 6.42 Å². The van der Waals surface area contributed by atoms with E-state index in [0.717, 1.165) is 43.7 Å². The first-order valence-electron chi connectivity index (χ1n) is 7.30. The number of hydrogen-bond acceptors (Lipinski definition) is 5. The van der Waals surface area contributed by atoms with Crippen molar-refractivity contribution >= 4 is 17.3 Å². The number of rotatable bonds is 3. The van der Waals surface area contributed by atoms with Gasteiger partial charge in [0.15, 0.2) is 0 Å². The molecule has 20 heavy (non-hydrogen) atoms. The van der Waals surface area contributed by atoms with Gasteiger partial charge in [0.1, 0.15) is 5.82 Å². The van der Waals surface area contributed by atoms with E-state index in [1.54, 1.807) is 11.3 Å². The van der Waals surface area contributed by atoms with Crippen molar-refractivity contribution in [2.24, 2.45) is 5.92 Å². The first-order valence-corrected chi connectivity index (χ1v) is 8.24. The average Bonchev–Trinajstić information content (AvgIpc) is 3.19. The van der Waals surface area contributed by atoms with E-state index in [2.05, 4.69) is 37.2 Å². The molecule has 0 aromatic carbocycles. The maximum atomic E-state index is 4.71. The second kappa shape index (κ2) is 5.18. The molecule has 6 heteroatoms. The molecule has 0 saturated carbocycles. The summed E-state index contributed by atoms with van der Waals surface area (Å²) in [6.45, 7) is 3.30. The van der Waals surface area contributed by atoms with Crippen LogP contribution in [0.3, 0.4) is 0 Å². The van der Waals surface area contributed by atoms with E-state index in [4.69, 9.17) is 4.98 Å². The molecule has 2 fully saturated rings. The molecule has 0 bridgehead atoms. The minimum atomic E-state index is 0.577. The standard InChI is InChI=1S/C14H19N5S/c1-2-11-7-15-8-12(11)19(4-1)14-16-13(17-18-14)6-10-3-5-20-9-10/h3,5,9,11-12,15H,1-2,4,6-8H2,(H,16,17,18). The van der Waals surface area contributed by atoms with Crippen LogP contribution in [0.4, 0.5) is 5.95 Å². The third-order valence-electron chi connectivity index (χ3n) is 4.41. The van der Waals surface area contributed by atoms with E-state index in [1.807, 2.05) is 0 Å². The third-order valence-corrected chi connectivity index (χ3v) is 5.14. The lowest BCUT2D eigenvalue weighted by atomic mass is 9.92. The summed E-state index contributed by atoms with van der Waals surface area (Å²) in [6.07, 6.45) is 3.42. The molecule has 4 heterocycles. The first-order chi connectivity index (χ1) is 9.90. The second-order valence-corrected chi connectivity index (χ2v) is 6.49. The molecule has 2 aromatic heterocycles. The zero-order valence-electron chi connectivity index (χ0n) is 11.4. The summed E-state index contributed by atoms with van der Waals surface area (Å²) >= 11 is 1.73. The Morgan fingerprint density at radius 3 is 3.30 bits per heavy atom. The lowest BCUT2D eigenvalue weighted by molar-refractivity contribution is 0.381. The molecule has 2 unspecified atom stereocenters. The second-order valence-electron chi connectivity index (χ2n) is 5.71. The van der Waals surface area contributed by atoms with E-state index in [-0.39, 0.29) is 0 Å². The number of aromatic amines is 1. The van der Waals surface area contributed by atoms with Gasteiger partial charge >= 0.3 is 0 Å². The van der Waals surface area contributed by atoms with Gasteiger partial charge < -0.3 is 10.2 Å². The molecule has 0 amide bonds. The summed E-state index contributed by atoms with van der Waals surface area (Å²) in [4.78, 5) is 7.10. The lowest BCUT2D eigenvalue weighted by Crippen LogP contribution is -2.45. The predicted molar refractivity (Wildman–Crippen MR) is 80.2 cm³/mol. The Morgan fingerprint density at radius 1 is 1.40 bits per heavy atom. The van der Waals surface area contributed by atoms with Gasteiger partial charge in [-0.1, -0.05) is 0 Å². The van der Waals surface area contributed by atoms with Gasteiger partial charge in [-0.05, 0) is 41.1 Å². The molecule has 2 atom stereocenters. The summed E-state index contributed by atoms with van der Waals surface area (Å²) in [5.74, 6) is 2.61. The number of nitrogens with zero attached hydrogens (tertiary/aromatic N) is 3. The van der Waals surface area contributed by atoms with Crippen molar-refractivity contribution in [1.82, 2.24) is 20.5 Å². The number of H-pyrrole nitrogens is 1. The number of aromatic nitrogens is 3. The Labute approximate surface area is 122 Å². The molecule has 5 nitrogen and oxygen atoms in total. The minimum absolute atomic E-state index is 0.577. The van der Waals surface area contributed by atoms with Crippen LogP contribution in [0.5, 0.6) is 0 Å². The Hall–Kier alpha value is -1.40. The predicted octanol–water partition coefficient (Wildman–Crippen LogP) is 1.65. The molecule has 2 N–H and O–H groups in total. The highest BCUT2D eigenvalue weighted by molar-refractivity contribution is 7.07. The van der Waals surface area contributed by atoms with Crippen LogP contribution in [0, 0.1) is 5.92 Å². The van der Waals surface area contributed by atoms with Gasteiger partial charge in [-0.2, -0.15) is 16.3 Å². The monoisotopic (exact) mass is 289 g/mol. The molecule has 4 rings (SSSR count). The smallest absolute Gasteiger partial charge is 0.245 e. The van der Waals surface area contributed by atoms with Crippen LogP contribution in [0.25, 0.3) is 0 Å². The SMILES string of the molecule is c1cc(Cc2nc(N3CCCC4CNCC43)n[nH]2)cs1. The van der Waals surface area contributed by atoms with E-state index in [9.17, 15) is 0 Å². The van der Waals surface area contributed by atoms with Crippen molar-refractivity contribution in [2.45, 2.75) is 25.3 Å². The molecule has 2 saturated heterocycles. The van der Waals surface area contributed by atoms with E-state index in [1.165, 1.54) is 18.4 Å². The summed E-state index contributed by atoms with van der Waals surface area (Å²) in [6, 6.07) is 2.72. The van der Waals surface area contributed by atoms with Crippen LogP contribution in [0.15, 0.2) is 16.8 Å². The lowest BCUT2D eigenvalue weighted by Gasteiger charge is -2.36. The largest absolute Gasteiger partial charge is 0.335 e. The fraction of sp³-hybridized carbons (Fsp3) is 0.571. The molecule has 0 spiro atoms. The number of nitrogens with one attached hydrogen (secondary N) is 2. The molecule has 2 aromatic rings. The van der Waals surface area contributed by atoms with Crippen LogP contribution in [0.1, 0.15) is 24.2 Å². The molecule has 0 radical (unpaired) electrons. The third kappa shape index (κ3) is 2.23. The Bertz CT molecular complexity index is 564. The topological polar surface area (TPSA) is 56.8 Å². The summed E-state index contributed by atoms with van der Waals surface area (Å²) in [7, 11) is 0. The number of thiophene rings is 1. The Kier molecular flexibility index (Phi) is 3.20. The highest BCUT2D eigenvalue weighted by atomic mass is 32.1. The van der Waals surface area contributed by atoms with Crippen molar-refractivity contribution in [3.8, 4) is 0 Å². The van der Waals surface area contributed by atoms with Crippen LogP contribution < -0.4 is 10.2 Å². The van der Waals surface area contributed by atoms with Gasteiger partial charge in [-0.25, -0.2) is 0 Å². The highest BCUT2D eigenvalue weighted by Crippen LogP contribution is 2.29. The van der Waals surface area contributed by atoms with Crippen LogP contribution in [0.2, 0.25) is 0 Å². The average molecular weight is 289 g/mol. The van der Waals surface area contributed by atoms with Gasteiger partial charge in [0.2, 0.25) is 5.95 Å². The molecular weight excluding hydrogens is 270 g/mol. The van der Waals surface area contributed by atoms with Crippen molar-refractivity contribution in [2.75, 3.05) is 24.5 Å². The van der Waals surface area contributed by atoms with Gasteiger partial charge in [0, 0.05) is 32.1 Å². The zero-order chi connectivity index (χ0) is 13.4. The normalized spacial score (nSPS) is 25.9. The van der Waals surface area contributed by atoms with Crippen molar-refractivity contribution in [3.05, 3.63) is 28.2 Å². The molecular formula is C14H19N5S. The number of piperidine rings is 1. The summed E-state index contributed by atoms with van der Waals surface area (Å²) < 4.78 is 0. The zero-order valence-corrected chi connectivity index (χ0v) is 12.2. The Balaban J connectivity index is 1.52. The highest BCUT2D eigenvalue weighted by Gasteiger charge is 2.36. The number of hydrogen-bond donors (Lipinski definition) is 2. The molecule has 0 aliphatic carbocycles. The fourth-order valence-electron chi connectivity index (χ4n) is 3.40. The van der Waals surface area contributed by atoms with Gasteiger partial charge in [-0.15, -0.1) is 5.10 Å². The van der Waals surface area contributed by atoms with Crippen molar-refractivity contribution in [3.63, 3.8) is 0 Å². The van der Waals surface area contributed by atoms with Crippen molar-refractivity contribution in [1.29, 1.82) is 0 Å². The first kappa shape index (κ1) is 12.3. The van der Waals surface area contributed by atoms with Crippen LogP contribution in [-0.4, -0.2) is 40.9 Å². The van der Waals surface area contributed by atoms with E-state index >= 15 is 0 Å². The van der Waals surface area contributed by atoms with E-state index < -0.39 is 0 Å². The van der Waals surface area contributed by atoms with E-state index in [0.29, 0.717) is 6.04 Å². The summed E-state index contributed by atoms with van der Waals surface area (Å²) in [5, 5.41) is 15.3. The fourth-order valence-corrected chi connectivity index (χ4v) is 4.06. The molecule has 2 aliphatic heterocycles. The van der Waals surface area contributed by atoms with Gasteiger partial charge in [0.25, 0.3) is 0 Å². The maximum Gasteiger partial charge on any atom is 0.245 e. The summed E-state index contributed by atoms with van der Waals surface area (Å²) in [5.41, 5.74) is 1.30. The number of anilines is 1. The van der Waals surface area contributed by atoms with Gasteiger partial charge in [0.05, 0.1) is 0 Å². The number of fused-ring (bicyclic) bond motifs is 1. The van der Waals surface area contributed by atoms with Crippen LogP contribution >= 0.6 is 11.3 Å². The Morgan fingerprint density at radius 2 is 2.40 bits per heavy atom. The molecule has 106 valence electrons. The minimum Gasteiger partial charge on any atom is -0.335 e. The quantitative estimate of drug-likeness (QED) is 0.902.